The molecule has 0 saturated carbocycles. The molecule has 0 amide bonds. The van der Waals surface area contributed by atoms with Crippen LogP contribution in [0.1, 0.15) is 35.8 Å². The number of hydrogen-bond acceptors (Lipinski definition) is 1. The maximum absolute atomic E-state index is 8.07. The van der Waals surface area contributed by atoms with Gasteiger partial charge in [-0.15, -0.1) is 0 Å². The third-order valence-electron chi connectivity index (χ3n) is 3.24. The second-order valence-electron chi connectivity index (χ2n) is 4.83. The van der Waals surface area contributed by atoms with Gasteiger partial charge in [-0.3, -0.25) is 0 Å². The van der Waals surface area contributed by atoms with Crippen molar-refractivity contribution in [2.24, 2.45) is 5.92 Å². The van der Waals surface area contributed by atoms with Crippen LogP contribution in [0.2, 0.25) is 0 Å². The number of nitrogens with one attached hydrogen (secondary N) is 1. The summed E-state index contributed by atoms with van der Waals surface area (Å²) in [6, 6.07) is 12.4. The van der Waals surface area contributed by atoms with Gasteiger partial charge in [0.25, 0.3) is 0 Å². The van der Waals surface area contributed by atoms with Gasteiger partial charge in [-0.1, -0.05) is 63.0 Å². The number of hydrogen-bond donors (Lipinski definition) is 1. The van der Waals surface area contributed by atoms with Crippen molar-refractivity contribution < 1.29 is 2.74 Å². The van der Waals surface area contributed by atoms with Crippen molar-refractivity contribution in [1.82, 2.24) is 0 Å². The second kappa shape index (κ2) is 6.44. The van der Waals surface area contributed by atoms with Crippen molar-refractivity contribution >= 4 is 16.5 Å². The summed E-state index contributed by atoms with van der Waals surface area (Å²) in [6.45, 7) is 3.47. The van der Waals surface area contributed by atoms with Crippen molar-refractivity contribution in [2.45, 2.75) is 33.1 Å². The average Bonchev–Trinajstić information content (AvgIpc) is 2.47. The first-order chi connectivity index (χ1) is 9.76. The van der Waals surface area contributed by atoms with Crippen molar-refractivity contribution in [3.63, 3.8) is 0 Å². The Morgan fingerprint density at radius 2 is 2.17 bits per heavy atom. The molecule has 2 aromatic rings. The van der Waals surface area contributed by atoms with Crippen LogP contribution in [0.15, 0.2) is 42.4 Å². The van der Waals surface area contributed by atoms with E-state index in [-0.39, 0.29) is 0 Å². The molecule has 1 nitrogen and oxygen atoms in total. The third kappa shape index (κ3) is 3.25. The Morgan fingerprint density at radius 1 is 1.28 bits per heavy atom. The summed E-state index contributed by atoms with van der Waals surface area (Å²) in [5.74, 6) is 0.392. The second-order valence-corrected chi connectivity index (χ2v) is 4.83. The van der Waals surface area contributed by atoms with Gasteiger partial charge in [0.15, 0.2) is 0 Å². The Hall–Kier alpha value is -1.50. The highest BCUT2D eigenvalue weighted by atomic mass is 14.9. The van der Waals surface area contributed by atoms with Gasteiger partial charge >= 0.3 is 0 Å². The molecule has 0 radical (unpaired) electrons. The Kier molecular flexibility index (Phi) is 3.73. The van der Waals surface area contributed by atoms with Crippen LogP contribution in [-0.4, -0.2) is 6.54 Å². The van der Waals surface area contributed by atoms with Gasteiger partial charge in [-0.05, 0) is 23.8 Å². The first-order valence-corrected chi connectivity index (χ1v) is 6.77. The molecule has 0 aliphatic carbocycles. The van der Waals surface area contributed by atoms with Gasteiger partial charge in [0.05, 0.1) is 1.37 Å². The van der Waals surface area contributed by atoms with Gasteiger partial charge in [0, 0.05) is 19.0 Å². The molecule has 0 saturated heterocycles. The number of unbranched alkanes of at least 4 members (excludes halogenated alkanes) is 1. The van der Waals surface area contributed by atoms with E-state index < -0.39 is 0 Å². The molecule has 0 aliphatic rings. The van der Waals surface area contributed by atoms with Crippen molar-refractivity contribution in [1.29, 1.82) is 0 Å². The number of anilines is 1. The van der Waals surface area contributed by atoms with E-state index in [0.717, 1.165) is 29.4 Å². The van der Waals surface area contributed by atoms with E-state index in [1.165, 1.54) is 12.8 Å². The van der Waals surface area contributed by atoms with Crippen LogP contribution in [0.25, 0.3) is 10.8 Å². The predicted octanol–water partition coefficient (Wildman–Crippen LogP) is 5.08. The SMILES string of the molecule is [2H]CC(CCCC)CNc1cccc2cccc([2H])c12. The van der Waals surface area contributed by atoms with Gasteiger partial charge in [0.2, 0.25) is 0 Å². The zero-order valence-corrected chi connectivity index (χ0v) is 11.1. The van der Waals surface area contributed by atoms with Crippen molar-refractivity contribution in [3.8, 4) is 0 Å². The zero-order valence-electron chi connectivity index (χ0n) is 13.1. The van der Waals surface area contributed by atoms with E-state index in [1.54, 1.807) is 0 Å². The Balaban J connectivity index is 2.13. The molecule has 0 aliphatic heterocycles. The fourth-order valence-corrected chi connectivity index (χ4v) is 2.15. The summed E-state index contributed by atoms with van der Waals surface area (Å²) in [5.41, 5.74) is 1.02. The minimum absolute atomic E-state index is 0.392. The third-order valence-corrected chi connectivity index (χ3v) is 3.24. The summed E-state index contributed by atoms with van der Waals surface area (Å²) in [6.07, 6.45) is 3.47. The summed E-state index contributed by atoms with van der Waals surface area (Å²) < 4.78 is 15.7. The molecule has 96 valence electrons. The number of fused-ring (bicyclic) bond motifs is 1. The van der Waals surface area contributed by atoms with Gasteiger partial charge in [0.1, 0.15) is 0 Å². The maximum Gasteiger partial charge on any atom is 0.0630 e. The fraction of sp³-hybridized carbons (Fsp3) is 0.412. The van der Waals surface area contributed by atoms with Crippen LogP contribution in [0, 0.1) is 5.92 Å². The highest BCUT2D eigenvalue weighted by Gasteiger charge is 2.03. The molecule has 0 bridgehead atoms. The molecular formula is C17H23N. The van der Waals surface area contributed by atoms with Crippen LogP contribution >= 0.6 is 0 Å². The number of rotatable bonds is 6. The molecular weight excluding hydrogens is 218 g/mol. The van der Waals surface area contributed by atoms with E-state index in [9.17, 15) is 0 Å². The molecule has 1 heteroatoms. The molecule has 1 unspecified atom stereocenters. The first kappa shape index (κ1) is 10.4. The number of benzene rings is 2. The van der Waals surface area contributed by atoms with Gasteiger partial charge in [-0.2, -0.15) is 0 Å². The Labute approximate surface area is 113 Å². The standard InChI is InChI=1S/C17H23N/c1-3-4-8-14(2)13-18-17-12-7-10-15-9-5-6-11-16(15)17/h5-7,9-12,14,18H,3-4,8,13H2,1-2H3/i2D,11D. The summed E-state index contributed by atoms with van der Waals surface area (Å²) in [7, 11) is 0. The highest BCUT2D eigenvalue weighted by Crippen LogP contribution is 2.23. The van der Waals surface area contributed by atoms with E-state index >= 15 is 0 Å². The van der Waals surface area contributed by atoms with Gasteiger partial charge in [-0.25, -0.2) is 0 Å². The molecule has 1 N–H and O–H groups in total. The van der Waals surface area contributed by atoms with Crippen LogP contribution in [0.4, 0.5) is 5.69 Å². The van der Waals surface area contributed by atoms with E-state index in [0.29, 0.717) is 18.9 Å². The lowest BCUT2D eigenvalue weighted by Gasteiger charge is -2.14. The largest absolute Gasteiger partial charge is 0.384 e. The van der Waals surface area contributed by atoms with Crippen molar-refractivity contribution in [2.75, 3.05) is 11.9 Å². The maximum atomic E-state index is 8.07. The molecule has 2 rings (SSSR count). The smallest absolute Gasteiger partial charge is 0.0630 e. The summed E-state index contributed by atoms with van der Waals surface area (Å²) in [5, 5.41) is 5.52. The molecule has 1 atom stereocenters. The Bertz CT molecular complexity index is 548. The monoisotopic (exact) mass is 243 g/mol. The van der Waals surface area contributed by atoms with E-state index in [4.69, 9.17) is 2.74 Å². The predicted molar refractivity (Wildman–Crippen MR) is 81.1 cm³/mol. The van der Waals surface area contributed by atoms with Gasteiger partial charge < -0.3 is 5.32 Å². The zero-order chi connectivity index (χ0) is 14.4. The molecule has 0 spiro atoms. The molecule has 18 heavy (non-hydrogen) atoms. The van der Waals surface area contributed by atoms with Crippen molar-refractivity contribution in [3.05, 3.63) is 42.4 Å². The molecule has 0 heterocycles. The van der Waals surface area contributed by atoms with Crippen LogP contribution in [0.5, 0.6) is 0 Å². The summed E-state index contributed by atoms with van der Waals surface area (Å²) in [4.78, 5) is 0. The summed E-state index contributed by atoms with van der Waals surface area (Å²) >= 11 is 0. The molecule has 0 fully saturated rings. The lowest BCUT2D eigenvalue weighted by molar-refractivity contribution is 0.529. The quantitative estimate of drug-likeness (QED) is 0.746. The fourth-order valence-electron chi connectivity index (χ4n) is 2.15. The highest BCUT2D eigenvalue weighted by molar-refractivity contribution is 5.93. The topological polar surface area (TPSA) is 12.0 Å². The lowest BCUT2D eigenvalue weighted by Crippen LogP contribution is -2.11. The van der Waals surface area contributed by atoms with Crippen LogP contribution in [-0.2, 0) is 0 Å². The normalized spacial score (nSPS) is 14.1. The molecule has 2 aromatic carbocycles. The van der Waals surface area contributed by atoms with E-state index in [1.807, 2.05) is 36.4 Å². The molecule has 0 aromatic heterocycles. The minimum atomic E-state index is 0.392. The van der Waals surface area contributed by atoms with E-state index in [2.05, 4.69) is 12.2 Å². The van der Waals surface area contributed by atoms with Crippen LogP contribution in [0.3, 0.4) is 0 Å². The first-order valence-electron chi connectivity index (χ1n) is 7.98. The van der Waals surface area contributed by atoms with Crippen LogP contribution < -0.4 is 5.32 Å². The lowest BCUT2D eigenvalue weighted by atomic mass is 10.0. The Morgan fingerprint density at radius 3 is 3.00 bits per heavy atom. The minimum Gasteiger partial charge on any atom is -0.384 e. The average molecular weight is 243 g/mol.